The zero-order valence-corrected chi connectivity index (χ0v) is 31.8. The molecule has 0 aliphatic heterocycles. The molecule has 0 unspecified atom stereocenters. The van der Waals surface area contributed by atoms with Gasteiger partial charge in [-0.3, -0.25) is 0 Å². The molecule has 2 aromatic heterocycles. The monoisotopic (exact) mass is 844 g/mol. The van der Waals surface area contributed by atoms with Gasteiger partial charge in [0.25, 0.3) is 0 Å². The normalized spacial score (nSPS) is 11.1. The van der Waals surface area contributed by atoms with Crippen LogP contribution in [0.15, 0.2) is 122 Å². The fourth-order valence-corrected chi connectivity index (χ4v) is 5.85. The van der Waals surface area contributed by atoms with E-state index in [0.29, 0.717) is 0 Å². The summed E-state index contributed by atoms with van der Waals surface area (Å²) < 4.78 is 4.78. The number of halogens is 2. The number of hydrogen-bond donors (Lipinski definition) is 0. The van der Waals surface area contributed by atoms with E-state index in [-0.39, 0.29) is 48.0 Å². The van der Waals surface area contributed by atoms with Crippen LogP contribution in [0.3, 0.4) is 0 Å². The summed E-state index contributed by atoms with van der Waals surface area (Å²) in [6, 6.07) is 39.3. The Morgan fingerprint density at radius 3 is 1.23 bits per heavy atom. The quantitative estimate of drug-likeness (QED) is 0.155. The third-order valence-electron chi connectivity index (χ3n) is 8.44. The summed E-state index contributed by atoms with van der Waals surface area (Å²) in [6.07, 6.45) is 14.4. The Bertz CT molecular complexity index is 1830. The number of fused-ring (bicyclic) bond motifs is 2. The highest BCUT2D eigenvalue weighted by atomic mass is 127. The van der Waals surface area contributed by atoms with Crippen LogP contribution in [-0.2, 0) is 13.1 Å². The van der Waals surface area contributed by atoms with Crippen LogP contribution in [-0.4, -0.2) is 28.2 Å². The van der Waals surface area contributed by atoms with Gasteiger partial charge in [0, 0.05) is 63.8 Å². The highest BCUT2D eigenvalue weighted by molar-refractivity contribution is 5.89. The van der Waals surface area contributed by atoms with E-state index in [1.54, 1.807) is 0 Å². The van der Waals surface area contributed by atoms with Gasteiger partial charge in [-0.1, -0.05) is 72.8 Å². The molecule has 0 bridgehead atoms. The molecule has 0 N–H and O–H groups in total. The van der Waals surface area contributed by atoms with Gasteiger partial charge in [-0.2, -0.15) is 9.13 Å². The minimum atomic E-state index is 0. The maximum Gasteiger partial charge on any atom is 0.213 e. The first-order valence-electron chi connectivity index (χ1n) is 15.7. The summed E-state index contributed by atoms with van der Waals surface area (Å²) in [4.78, 5) is 4.25. The summed E-state index contributed by atoms with van der Waals surface area (Å²) in [6.45, 7) is 1.89. The number of rotatable bonds is 10. The lowest BCUT2D eigenvalue weighted by Crippen LogP contribution is -3.00. The number of aryl methyl sites for hydroxylation is 2. The lowest BCUT2D eigenvalue weighted by Gasteiger charge is -2.11. The maximum atomic E-state index is 2.39. The fourth-order valence-electron chi connectivity index (χ4n) is 5.85. The molecule has 0 atom stereocenters. The zero-order valence-electron chi connectivity index (χ0n) is 27.5. The molecule has 0 fully saturated rings. The van der Waals surface area contributed by atoms with Crippen molar-refractivity contribution in [1.29, 1.82) is 0 Å². The molecule has 6 rings (SSSR count). The van der Waals surface area contributed by atoms with Crippen LogP contribution < -0.4 is 66.9 Å². The third-order valence-corrected chi connectivity index (χ3v) is 8.44. The number of pyridine rings is 2. The van der Waals surface area contributed by atoms with Crippen LogP contribution in [0, 0.1) is 0 Å². The van der Waals surface area contributed by atoms with E-state index < -0.39 is 0 Å². The molecule has 0 amide bonds. The standard InChI is InChI=1S/C41H42N4.2HI/c1-42(2)36-22-16-32(17-23-36)14-20-34-26-30-44(40-12-7-5-10-38(34)40)28-9-29-45-31-27-35(39-11-6-8-13-41(39)45)21-15-33-18-24-37(25-19-33)43(3)4;;/h5-8,10-27,30-31H,9,28-29H2,1-4H3;2*1H/q+2;;/p-2. The van der Waals surface area contributed by atoms with E-state index in [2.05, 4.69) is 193 Å². The van der Waals surface area contributed by atoms with Crippen molar-refractivity contribution in [3.8, 4) is 0 Å². The second-order valence-corrected chi connectivity index (χ2v) is 12.0. The van der Waals surface area contributed by atoms with E-state index in [4.69, 9.17) is 0 Å². The first kappa shape index (κ1) is 36.1. The molecular weight excluding hydrogens is 802 g/mol. The van der Waals surface area contributed by atoms with Crippen molar-refractivity contribution in [3.63, 3.8) is 0 Å². The first-order valence-corrected chi connectivity index (χ1v) is 15.7. The minimum absolute atomic E-state index is 0. The van der Waals surface area contributed by atoms with Gasteiger partial charge < -0.3 is 57.8 Å². The van der Waals surface area contributed by atoms with Gasteiger partial charge in [-0.15, -0.1) is 0 Å². The molecule has 0 radical (unpaired) electrons. The number of nitrogens with zero attached hydrogens (tertiary/aromatic N) is 4. The topological polar surface area (TPSA) is 14.2 Å². The van der Waals surface area contributed by atoms with E-state index in [9.17, 15) is 0 Å². The molecule has 0 saturated heterocycles. The second-order valence-electron chi connectivity index (χ2n) is 12.0. The van der Waals surface area contributed by atoms with Crippen LogP contribution >= 0.6 is 0 Å². The summed E-state index contributed by atoms with van der Waals surface area (Å²) in [5, 5.41) is 2.54. The molecule has 0 saturated carbocycles. The Kier molecular flexibility index (Phi) is 13.0. The molecule has 4 aromatic carbocycles. The van der Waals surface area contributed by atoms with Crippen LogP contribution in [0.5, 0.6) is 0 Å². The summed E-state index contributed by atoms with van der Waals surface area (Å²) in [5.74, 6) is 0. The van der Waals surface area contributed by atoms with Crippen LogP contribution in [0.2, 0.25) is 0 Å². The summed E-state index contributed by atoms with van der Waals surface area (Å²) in [7, 11) is 8.27. The summed E-state index contributed by atoms with van der Waals surface area (Å²) in [5.41, 5.74) is 9.80. The highest BCUT2D eigenvalue weighted by Gasteiger charge is 2.15. The van der Waals surface area contributed by atoms with Gasteiger partial charge in [0.15, 0.2) is 25.5 Å². The number of para-hydroxylation sites is 2. The number of aromatic nitrogens is 2. The average molecular weight is 845 g/mol. The maximum absolute atomic E-state index is 2.39. The van der Waals surface area contributed by atoms with E-state index >= 15 is 0 Å². The van der Waals surface area contributed by atoms with Gasteiger partial charge in [-0.05, 0) is 58.7 Å². The molecule has 0 aliphatic carbocycles. The average Bonchev–Trinajstić information content (AvgIpc) is 3.07. The van der Waals surface area contributed by atoms with Crippen LogP contribution in [0.4, 0.5) is 11.4 Å². The fraction of sp³-hybridized carbons (Fsp3) is 0.171. The van der Waals surface area contributed by atoms with Gasteiger partial charge in [-0.25, -0.2) is 0 Å². The molecule has 0 spiro atoms. The molecule has 6 heteroatoms. The first-order chi connectivity index (χ1) is 22.0. The van der Waals surface area contributed by atoms with Crippen LogP contribution in [0.1, 0.15) is 28.7 Å². The minimum Gasteiger partial charge on any atom is -1.00 e. The Balaban J connectivity index is 0.00000250. The zero-order chi connectivity index (χ0) is 31.2. The largest absolute Gasteiger partial charge is 1.00 e. The van der Waals surface area contributed by atoms with E-state index in [1.165, 1.54) is 55.4 Å². The predicted octanol–water partition coefficient (Wildman–Crippen LogP) is 2.14. The second kappa shape index (κ2) is 16.9. The Morgan fingerprint density at radius 1 is 0.468 bits per heavy atom. The molecule has 240 valence electrons. The molecule has 6 aromatic rings. The Labute approximate surface area is 313 Å². The SMILES string of the molecule is CN(C)c1ccc(/C=C/c2cc[n+](CCC[n+]3ccc(/C=C/c4ccc(N(C)C)cc4)c4ccccc43)c3ccccc23)cc1.[I-].[I-]. The van der Waals surface area contributed by atoms with Gasteiger partial charge in [0.1, 0.15) is 0 Å². The number of hydrogen-bond acceptors (Lipinski definition) is 2. The lowest BCUT2D eigenvalue weighted by molar-refractivity contribution is -0.702. The van der Waals surface area contributed by atoms with Crippen molar-refractivity contribution in [2.24, 2.45) is 0 Å². The Morgan fingerprint density at radius 2 is 0.851 bits per heavy atom. The predicted molar refractivity (Wildman–Crippen MR) is 192 cm³/mol. The van der Waals surface area contributed by atoms with E-state index in [1.807, 2.05) is 0 Å². The van der Waals surface area contributed by atoms with Crippen molar-refractivity contribution < 1.29 is 57.1 Å². The van der Waals surface area contributed by atoms with Crippen molar-refractivity contribution in [2.75, 3.05) is 38.0 Å². The Hall–Kier alpha value is -3.76. The van der Waals surface area contributed by atoms with Gasteiger partial charge >= 0.3 is 0 Å². The third kappa shape index (κ3) is 8.78. The van der Waals surface area contributed by atoms with Gasteiger partial charge in [0.2, 0.25) is 11.0 Å². The smallest absolute Gasteiger partial charge is 0.213 e. The summed E-state index contributed by atoms with van der Waals surface area (Å²) >= 11 is 0. The van der Waals surface area contributed by atoms with E-state index in [0.717, 1.165) is 19.5 Å². The molecule has 2 heterocycles. The van der Waals surface area contributed by atoms with Crippen molar-refractivity contribution in [3.05, 3.63) is 144 Å². The molecular formula is C41H42I2N4. The van der Waals surface area contributed by atoms with Crippen molar-refractivity contribution >= 4 is 57.5 Å². The van der Waals surface area contributed by atoms with Crippen molar-refractivity contribution in [2.45, 2.75) is 19.5 Å². The number of anilines is 2. The van der Waals surface area contributed by atoms with Crippen molar-refractivity contribution in [1.82, 2.24) is 0 Å². The number of benzene rings is 4. The molecule has 4 nitrogen and oxygen atoms in total. The highest BCUT2D eigenvalue weighted by Crippen LogP contribution is 2.21. The van der Waals surface area contributed by atoms with Gasteiger partial charge in [0.05, 0.1) is 17.2 Å². The molecule has 47 heavy (non-hydrogen) atoms. The van der Waals surface area contributed by atoms with Crippen LogP contribution in [0.25, 0.3) is 46.1 Å². The molecule has 0 aliphatic rings. The lowest BCUT2D eigenvalue weighted by atomic mass is 10.1.